The topological polar surface area (TPSA) is 78.9 Å². The molecule has 0 heterocycles. The molecule has 438 valence electrons. The van der Waals surface area contributed by atoms with Crippen LogP contribution >= 0.6 is 0 Å². The van der Waals surface area contributed by atoms with Crippen molar-refractivity contribution in [2.75, 3.05) is 13.2 Å². The van der Waals surface area contributed by atoms with E-state index >= 15 is 0 Å². The Morgan fingerprint density at radius 3 is 0.829 bits per heavy atom. The van der Waals surface area contributed by atoms with E-state index in [1.807, 2.05) is 0 Å². The second-order valence-electron chi connectivity index (χ2n) is 21.6. The molecule has 6 heteroatoms. The van der Waals surface area contributed by atoms with Crippen LogP contribution < -0.4 is 0 Å². The van der Waals surface area contributed by atoms with Gasteiger partial charge in [-0.1, -0.05) is 273 Å². The molecule has 0 fully saturated rings. The highest BCUT2D eigenvalue weighted by molar-refractivity contribution is 5.71. The number of rotatable bonds is 59. The number of carbonyl (C=O) groups excluding carboxylic acids is 3. The van der Waals surface area contributed by atoms with Crippen molar-refractivity contribution in [3.05, 3.63) is 85.1 Å². The molecule has 0 saturated carbocycles. The Morgan fingerprint density at radius 2 is 0.513 bits per heavy atom. The van der Waals surface area contributed by atoms with Crippen LogP contribution in [-0.4, -0.2) is 37.2 Å². The molecule has 76 heavy (non-hydrogen) atoms. The zero-order valence-corrected chi connectivity index (χ0v) is 50.3. The molecule has 0 N–H and O–H groups in total. The van der Waals surface area contributed by atoms with E-state index in [9.17, 15) is 14.4 Å². The molecule has 0 saturated heterocycles. The summed E-state index contributed by atoms with van der Waals surface area (Å²) in [5.41, 5.74) is 0. The minimum absolute atomic E-state index is 0.0899. The molecule has 1 atom stereocenters. The molecule has 1 unspecified atom stereocenters. The van der Waals surface area contributed by atoms with Crippen molar-refractivity contribution in [2.45, 2.75) is 329 Å². The minimum Gasteiger partial charge on any atom is -0.462 e. The van der Waals surface area contributed by atoms with Gasteiger partial charge < -0.3 is 14.2 Å². The maximum Gasteiger partial charge on any atom is 0.306 e. The Hall–Kier alpha value is -3.41. The van der Waals surface area contributed by atoms with Crippen LogP contribution in [0.25, 0.3) is 0 Å². The van der Waals surface area contributed by atoms with Gasteiger partial charge in [0, 0.05) is 19.3 Å². The number of unbranched alkanes of at least 4 members (excludes halogenated alkanes) is 34. The van der Waals surface area contributed by atoms with Gasteiger partial charge in [0.15, 0.2) is 6.10 Å². The van der Waals surface area contributed by atoms with Gasteiger partial charge in [0.05, 0.1) is 0 Å². The molecule has 0 radical (unpaired) electrons. The van der Waals surface area contributed by atoms with Crippen LogP contribution in [0.3, 0.4) is 0 Å². The average Bonchev–Trinajstić information content (AvgIpc) is 3.42. The summed E-state index contributed by atoms with van der Waals surface area (Å²) in [6.07, 6.45) is 84.6. The van der Waals surface area contributed by atoms with Crippen LogP contribution in [0.1, 0.15) is 323 Å². The van der Waals surface area contributed by atoms with E-state index in [0.717, 1.165) is 116 Å². The first kappa shape index (κ1) is 72.6. The van der Waals surface area contributed by atoms with E-state index in [1.54, 1.807) is 0 Å². The lowest BCUT2D eigenvalue weighted by Gasteiger charge is -2.18. The molecule has 0 amide bonds. The molecule has 0 aromatic heterocycles. The van der Waals surface area contributed by atoms with E-state index in [4.69, 9.17) is 14.2 Å². The van der Waals surface area contributed by atoms with Gasteiger partial charge in [0.1, 0.15) is 13.2 Å². The van der Waals surface area contributed by atoms with Crippen LogP contribution in [0.5, 0.6) is 0 Å². The first-order valence-corrected chi connectivity index (χ1v) is 32.6. The SMILES string of the molecule is CC/C=C\C/C=C\C/C=C\CCCCCC(=O)OCC(COC(=O)CCCCCCCCCCCCCCCCCCC/C=C\C/C=C\CCCCCCC)OC(=O)CCCCCCC/C=C\C/C=C\CCCCCC. The van der Waals surface area contributed by atoms with Gasteiger partial charge in [-0.25, -0.2) is 0 Å². The predicted molar refractivity (Wildman–Crippen MR) is 330 cm³/mol. The van der Waals surface area contributed by atoms with Crippen molar-refractivity contribution in [1.29, 1.82) is 0 Å². The van der Waals surface area contributed by atoms with Gasteiger partial charge in [-0.15, -0.1) is 0 Å². The highest BCUT2D eigenvalue weighted by Gasteiger charge is 2.19. The molecule has 0 spiro atoms. The quantitative estimate of drug-likeness (QED) is 0.0261. The summed E-state index contributed by atoms with van der Waals surface area (Å²) in [5, 5.41) is 0. The van der Waals surface area contributed by atoms with E-state index in [-0.39, 0.29) is 31.1 Å². The van der Waals surface area contributed by atoms with Crippen molar-refractivity contribution in [1.82, 2.24) is 0 Å². The van der Waals surface area contributed by atoms with Crippen molar-refractivity contribution >= 4 is 17.9 Å². The molecule has 0 aromatic carbocycles. The smallest absolute Gasteiger partial charge is 0.306 e. The van der Waals surface area contributed by atoms with Crippen LogP contribution in [0.2, 0.25) is 0 Å². The Kier molecular flexibility index (Phi) is 61.2. The number of hydrogen-bond acceptors (Lipinski definition) is 6. The standard InChI is InChI=1S/C70H122O6/c1-4-7-10-13-16-19-22-25-27-29-30-31-32-33-34-35-36-37-38-39-40-41-43-45-48-51-54-57-60-63-69(72)75-66-67(65-74-68(71)62-59-56-53-50-47-44-24-21-18-15-12-9-6-3)76-70(73)64-61-58-55-52-49-46-42-28-26-23-20-17-14-11-8-5-2/h9,12,18,20-23,25,28-30,42,44,47,67H,4-8,10-11,13-17,19,24,26-27,31-41,43,45-46,48-66H2,1-3H3/b12-9-,21-18-,23-20-,25-22-,30-29-,42-28-,47-44-. The summed E-state index contributed by atoms with van der Waals surface area (Å²) in [4.78, 5) is 38.2. The van der Waals surface area contributed by atoms with E-state index < -0.39 is 6.10 Å². The second-order valence-corrected chi connectivity index (χ2v) is 21.6. The maximum absolute atomic E-state index is 12.9. The van der Waals surface area contributed by atoms with E-state index in [2.05, 4.69) is 106 Å². The lowest BCUT2D eigenvalue weighted by molar-refractivity contribution is -0.167. The first-order chi connectivity index (χ1) is 37.5. The summed E-state index contributed by atoms with van der Waals surface area (Å²) in [6.45, 7) is 6.49. The second kappa shape index (κ2) is 64.1. The Labute approximate surface area is 471 Å². The van der Waals surface area contributed by atoms with Crippen LogP contribution in [-0.2, 0) is 28.6 Å². The maximum atomic E-state index is 12.9. The fourth-order valence-corrected chi connectivity index (χ4v) is 9.23. The number of esters is 3. The Balaban J connectivity index is 4.23. The van der Waals surface area contributed by atoms with Crippen molar-refractivity contribution < 1.29 is 28.6 Å². The number of ether oxygens (including phenoxy) is 3. The highest BCUT2D eigenvalue weighted by Crippen LogP contribution is 2.17. The third-order valence-corrected chi connectivity index (χ3v) is 14.1. The molecule has 0 aromatic rings. The molecule has 0 aliphatic heterocycles. The van der Waals surface area contributed by atoms with Gasteiger partial charge >= 0.3 is 17.9 Å². The van der Waals surface area contributed by atoms with Gasteiger partial charge in [-0.2, -0.15) is 0 Å². The van der Waals surface area contributed by atoms with Gasteiger partial charge in [0.25, 0.3) is 0 Å². The molecule has 0 rings (SSSR count). The monoisotopic (exact) mass is 1060 g/mol. The molecule has 0 bridgehead atoms. The van der Waals surface area contributed by atoms with Crippen molar-refractivity contribution in [2.24, 2.45) is 0 Å². The highest BCUT2D eigenvalue weighted by atomic mass is 16.6. The summed E-state index contributed by atoms with van der Waals surface area (Å²) >= 11 is 0. The van der Waals surface area contributed by atoms with E-state index in [0.29, 0.717) is 19.3 Å². The van der Waals surface area contributed by atoms with Gasteiger partial charge in [0.2, 0.25) is 0 Å². The lowest BCUT2D eigenvalue weighted by atomic mass is 10.0. The van der Waals surface area contributed by atoms with Gasteiger partial charge in [-0.3, -0.25) is 14.4 Å². The van der Waals surface area contributed by atoms with Crippen LogP contribution in [0, 0.1) is 0 Å². The van der Waals surface area contributed by atoms with Crippen molar-refractivity contribution in [3.8, 4) is 0 Å². The molecular weight excluding hydrogens is 937 g/mol. The summed E-state index contributed by atoms with van der Waals surface area (Å²) in [7, 11) is 0. The Morgan fingerprint density at radius 1 is 0.276 bits per heavy atom. The minimum atomic E-state index is -0.796. The molecule has 0 aliphatic carbocycles. The molecule has 0 aliphatic rings. The normalized spacial score (nSPS) is 12.6. The summed E-state index contributed by atoms with van der Waals surface area (Å²) in [6, 6.07) is 0. The predicted octanol–water partition coefficient (Wildman–Crippen LogP) is 22.3. The molecular formula is C70H122O6. The van der Waals surface area contributed by atoms with E-state index in [1.165, 1.54) is 167 Å². The number of carbonyl (C=O) groups is 3. The zero-order valence-electron chi connectivity index (χ0n) is 50.3. The van der Waals surface area contributed by atoms with Gasteiger partial charge in [-0.05, 0) is 116 Å². The third-order valence-electron chi connectivity index (χ3n) is 14.1. The zero-order chi connectivity index (χ0) is 55.0. The largest absolute Gasteiger partial charge is 0.462 e. The average molecular weight is 1060 g/mol. The van der Waals surface area contributed by atoms with Crippen LogP contribution in [0.4, 0.5) is 0 Å². The first-order valence-electron chi connectivity index (χ1n) is 32.6. The van der Waals surface area contributed by atoms with Crippen LogP contribution in [0.15, 0.2) is 85.1 Å². The third kappa shape index (κ3) is 61.4. The molecule has 6 nitrogen and oxygen atoms in total. The lowest BCUT2D eigenvalue weighted by Crippen LogP contribution is -2.30. The fourth-order valence-electron chi connectivity index (χ4n) is 9.23. The Bertz CT molecular complexity index is 1450. The fraction of sp³-hybridized carbons (Fsp3) is 0.757. The number of hydrogen-bond donors (Lipinski definition) is 0. The summed E-state index contributed by atoms with van der Waals surface area (Å²) < 4.78 is 16.9. The van der Waals surface area contributed by atoms with Crippen molar-refractivity contribution in [3.63, 3.8) is 0 Å². The number of allylic oxidation sites excluding steroid dienone is 14. The summed E-state index contributed by atoms with van der Waals surface area (Å²) in [5.74, 6) is -0.923.